The number of halogens is 1. The number of nitriles is 1. The molecule has 0 fully saturated rings. The Morgan fingerprint density at radius 2 is 2.33 bits per heavy atom. The van der Waals surface area contributed by atoms with Crippen LogP contribution in [0.2, 0.25) is 0 Å². The van der Waals surface area contributed by atoms with Crippen LogP contribution in [0, 0.1) is 17.1 Å². The minimum atomic E-state index is -1.36. The van der Waals surface area contributed by atoms with E-state index in [1.165, 1.54) is 19.2 Å². The maximum Gasteiger partial charge on any atom is 0.325 e. The van der Waals surface area contributed by atoms with Gasteiger partial charge < -0.3 is 9.84 Å². The Morgan fingerprint density at radius 1 is 1.67 bits per heavy atom. The number of benzene rings is 1. The lowest BCUT2D eigenvalue weighted by molar-refractivity contribution is -0.137. The van der Waals surface area contributed by atoms with Crippen LogP contribution in [-0.4, -0.2) is 18.2 Å². The van der Waals surface area contributed by atoms with Gasteiger partial charge in [-0.25, -0.2) is 4.39 Å². The molecule has 0 bridgehead atoms. The molecule has 1 N–H and O–H groups in total. The molecule has 0 saturated carbocycles. The lowest BCUT2D eigenvalue weighted by Gasteiger charge is -2.06. The van der Waals surface area contributed by atoms with Gasteiger partial charge in [0.1, 0.15) is 0 Å². The van der Waals surface area contributed by atoms with Gasteiger partial charge in [0, 0.05) is 0 Å². The Kier molecular flexibility index (Phi) is 3.24. The minimum absolute atomic E-state index is 0.0147. The van der Waals surface area contributed by atoms with E-state index in [9.17, 15) is 9.18 Å². The summed E-state index contributed by atoms with van der Waals surface area (Å²) < 4.78 is 17.9. The molecule has 0 radical (unpaired) electrons. The van der Waals surface area contributed by atoms with Gasteiger partial charge in [0.05, 0.1) is 13.2 Å². The number of aliphatic carboxylic acids is 1. The molecule has 15 heavy (non-hydrogen) atoms. The van der Waals surface area contributed by atoms with Crippen LogP contribution in [0.25, 0.3) is 0 Å². The van der Waals surface area contributed by atoms with Gasteiger partial charge in [0.2, 0.25) is 0 Å². The highest BCUT2D eigenvalue weighted by molar-refractivity contribution is 5.79. The van der Waals surface area contributed by atoms with Crippen LogP contribution in [0.15, 0.2) is 18.2 Å². The van der Waals surface area contributed by atoms with Crippen molar-refractivity contribution in [3.63, 3.8) is 0 Å². The topological polar surface area (TPSA) is 70.3 Å². The number of carboxylic acids is 1. The molecule has 0 aliphatic rings. The van der Waals surface area contributed by atoms with Gasteiger partial charge in [-0.2, -0.15) is 5.26 Å². The fraction of sp³-hybridized carbons (Fsp3) is 0.200. The van der Waals surface area contributed by atoms with Gasteiger partial charge in [-0.05, 0) is 17.7 Å². The van der Waals surface area contributed by atoms with Crippen LogP contribution >= 0.6 is 0 Å². The summed E-state index contributed by atoms with van der Waals surface area (Å²) in [7, 11) is 1.30. The summed E-state index contributed by atoms with van der Waals surface area (Å²) in [6, 6.07) is 5.20. The number of hydrogen-bond acceptors (Lipinski definition) is 3. The van der Waals surface area contributed by atoms with E-state index in [1.807, 2.05) is 0 Å². The summed E-state index contributed by atoms with van der Waals surface area (Å²) in [5.74, 6) is -3.33. The number of nitrogens with zero attached hydrogens (tertiary/aromatic N) is 1. The molecule has 0 aliphatic heterocycles. The third-order valence-electron chi connectivity index (χ3n) is 1.89. The molecular weight excluding hydrogens is 201 g/mol. The molecule has 0 amide bonds. The Morgan fingerprint density at radius 3 is 2.73 bits per heavy atom. The van der Waals surface area contributed by atoms with Crippen molar-refractivity contribution in [2.75, 3.05) is 7.11 Å². The van der Waals surface area contributed by atoms with Crippen LogP contribution in [-0.2, 0) is 4.79 Å². The maximum absolute atomic E-state index is 13.2. The van der Waals surface area contributed by atoms with Gasteiger partial charge in [0.15, 0.2) is 17.5 Å². The van der Waals surface area contributed by atoms with Crippen LogP contribution in [0.3, 0.4) is 0 Å². The number of carbonyl (C=O) groups is 1. The zero-order chi connectivity index (χ0) is 11.4. The molecule has 1 atom stereocenters. The Balaban J connectivity index is 3.12. The van der Waals surface area contributed by atoms with Gasteiger partial charge in [-0.3, -0.25) is 4.79 Å². The maximum atomic E-state index is 13.2. The second kappa shape index (κ2) is 4.42. The van der Waals surface area contributed by atoms with Gasteiger partial charge in [0.25, 0.3) is 0 Å². The van der Waals surface area contributed by atoms with Gasteiger partial charge in [-0.1, -0.05) is 6.07 Å². The van der Waals surface area contributed by atoms with Crippen molar-refractivity contribution in [2.45, 2.75) is 5.92 Å². The quantitative estimate of drug-likeness (QED) is 0.819. The normalized spacial score (nSPS) is 11.5. The lowest BCUT2D eigenvalue weighted by Crippen LogP contribution is -2.09. The summed E-state index contributed by atoms with van der Waals surface area (Å²) in [5, 5.41) is 17.3. The molecule has 0 heterocycles. The van der Waals surface area contributed by atoms with E-state index in [1.54, 1.807) is 6.07 Å². The number of ether oxygens (including phenoxy) is 1. The van der Waals surface area contributed by atoms with E-state index in [-0.39, 0.29) is 11.3 Å². The monoisotopic (exact) mass is 209 g/mol. The number of methoxy groups -OCH3 is 1. The Bertz CT molecular complexity index is 425. The van der Waals surface area contributed by atoms with Crippen molar-refractivity contribution in [1.29, 1.82) is 5.26 Å². The van der Waals surface area contributed by atoms with Crippen LogP contribution in [0.1, 0.15) is 11.5 Å². The lowest BCUT2D eigenvalue weighted by atomic mass is 10.0. The molecule has 0 spiro atoms. The molecule has 0 saturated heterocycles. The van der Waals surface area contributed by atoms with E-state index < -0.39 is 17.7 Å². The summed E-state index contributed by atoms with van der Waals surface area (Å²) in [6.45, 7) is 0. The third-order valence-corrected chi connectivity index (χ3v) is 1.89. The molecule has 1 aromatic rings. The number of carboxylic acid groups (broad SMARTS) is 1. The van der Waals surface area contributed by atoms with Gasteiger partial charge >= 0.3 is 5.97 Å². The molecule has 0 aliphatic carbocycles. The minimum Gasteiger partial charge on any atom is -0.494 e. The number of rotatable bonds is 3. The fourth-order valence-electron chi connectivity index (χ4n) is 1.13. The van der Waals surface area contributed by atoms with E-state index >= 15 is 0 Å². The molecule has 1 aromatic carbocycles. The van der Waals surface area contributed by atoms with Crippen LogP contribution < -0.4 is 4.74 Å². The van der Waals surface area contributed by atoms with Crippen molar-refractivity contribution in [3.8, 4) is 11.8 Å². The second-order valence-electron chi connectivity index (χ2n) is 2.79. The average molecular weight is 209 g/mol. The Hall–Kier alpha value is -2.09. The smallest absolute Gasteiger partial charge is 0.325 e. The molecular formula is C10H8FNO3. The van der Waals surface area contributed by atoms with E-state index in [2.05, 4.69) is 4.74 Å². The van der Waals surface area contributed by atoms with Crippen LogP contribution in [0.5, 0.6) is 5.75 Å². The van der Waals surface area contributed by atoms with Crippen molar-refractivity contribution >= 4 is 5.97 Å². The predicted octanol–water partition coefficient (Wildman–Crippen LogP) is 1.53. The summed E-state index contributed by atoms with van der Waals surface area (Å²) in [4.78, 5) is 10.6. The second-order valence-corrected chi connectivity index (χ2v) is 2.79. The molecule has 0 aromatic heterocycles. The van der Waals surface area contributed by atoms with Crippen molar-refractivity contribution < 1.29 is 19.0 Å². The SMILES string of the molecule is COc1ccc(C(C#N)C(=O)O)cc1F. The molecule has 5 heteroatoms. The van der Waals surface area contributed by atoms with E-state index in [4.69, 9.17) is 10.4 Å². The average Bonchev–Trinajstić information content (AvgIpc) is 2.18. The molecule has 1 rings (SSSR count). The highest BCUT2D eigenvalue weighted by atomic mass is 19.1. The van der Waals surface area contributed by atoms with Crippen LogP contribution in [0.4, 0.5) is 4.39 Å². The first-order valence-corrected chi connectivity index (χ1v) is 4.06. The standard InChI is InChI=1S/C10H8FNO3/c1-15-9-3-2-6(4-8(9)11)7(5-12)10(13)14/h2-4,7H,1H3,(H,13,14). The number of hydrogen-bond donors (Lipinski definition) is 1. The first-order valence-electron chi connectivity index (χ1n) is 4.06. The largest absolute Gasteiger partial charge is 0.494 e. The summed E-state index contributed by atoms with van der Waals surface area (Å²) in [5.41, 5.74) is 0.100. The van der Waals surface area contributed by atoms with Crippen molar-refractivity contribution in [1.82, 2.24) is 0 Å². The van der Waals surface area contributed by atoms with Gasteiger partial charge in [-0.15, -0.1) is 0 Å². The predicted molar refractivity (Wildman–Crippen MR) is 48.9 cm³/mol. The third kappa shape index (κ3) is 2.23. The first kappa shape index (κ1) is 11.0. The Labute approximate surface area is 85.5 Å². The molecule has 78 valence electrons. The first-order chi connectivity index (χ1) is 7.10. The van der Waals surface area contributed by atoms with Crippen molar-refractivity contribution in [2.24, 2.45) is 0 Å². The summed E-state index contributed by atoms with van der Waals surface area (Å²) in [6.07, 6.45) is 0. The van der Waals surface area contributed by atoms with E-state index in [0.717, 1.165) is 6.07 Å². The molecule has 1 unspecified atom stereocenters. The van der Waals surface area contributed by atoms with E-state index in [0.29, 0.717) is 0 Å². The highest BCUT2D eigenvalue weighted by Crippen LogP contribution is 2.22. The van der Waals surface area contributed by atoms with Crippen molar-refractivity contribution in [3.05, 3.63) is 29.6 Å². The zero-order valence-electron chi connectivity index (χ0n) is 7.90. The highest BCUT2D eigenvalue weighted by Gasteiger charge is 2.20. The molecule has 4 nitrogen and oxygen atoms in total. The summed E-state index contributed by atoms with van der Waals surface area (Å²) >= 11 is 0. The zero-order valence-corrected chi connectivity index (χ0v) is 7.90. The fourth-order valence-corrected chi connectivity index (χ4v) is 1.13.